The summed E-state index contributed by atoms with van der Waals surface area (Å²) in [6.07, 6.45) is 3.57. The van der Waals surface area contributed by atoms with E-state index in [1.807, 2.05) is 24.3 Å². The molecule has 0 amide bonds. The molecule has 0 atom stereocenters. The first-order chi connectivity index (χ1) is 6.86. The molecular weight excluding hydrogens is 198 g/mol. The standard InChI is InChI=1S/C10H10ClN3/c11-10-9(4-6-13-10)14-7-8-3-1-2-5-12-8/h1-6,13-14H,7H2. The van der Waals surface area contributed by atoms with E-state index in [4.69, 9.17) is 11.6 Å². The predicted octanol–water partition coefficient (Wildman–Crippen LogP) is 2.68. The maximum atomic E-state index is 5.87. The molecule has 72 valence electrons. The number of halogens is 1. The maximum absolute atomic E-state index is 5.87. The molecule has 0 bridgehead atoms. The number of hydrogen-bond acceptors (Lipinski definition) is 2. The minimum absolute atomic E-state index is 0.626. The number of nitrogens with zero attached hydrogens (tertiary/aromatic N) is 1. The van der Waals surface area contributed by atoms with Gasteiger partial charge in [0, 0.05) is 12.4 Å². The molecular formula is C10H10ClN3. The van der Waals surface area contributed by atoms with E-state index in [0.29, 0.717) is 11.7 Å². The van der Waals surface area contributed by atoms with E-state index in [0.717, 1.165) is 11.4 Å². The third-order valence-corrected chi connectivity index (χ3v) is 2.20. The zero-order valence-electron chi connectivity index (χ0n) is 7.50. The highest BCUT2D eigenvalue weighted by atomic mass is 35.5. The third-order valence-electron chi connectivity index (χ3n) is 1.88. The van der Waals surface area contributed by atoms with Gasteiger partial charge in [0.25, 0.3) is 0 Å². The molecule has 0 saturated carbocycles. The molecule has 2 rings (SSSR count). The van der Waals surface area contributed by atoms with Crippen LogP contribution in [0.25, 0.3) is 0 Å². The third kappa shape index (κ3) is 2.06. The van der Waals surface area contributed by atoms with Gasteiger partial charge in [0.1, 0.15) is 5.15 Å². The average Bonchev–Trinajstić information content (AvgIpc) is 2.63. The number of aromatic amines is 1. The lowest BCUT2D eigenvalue weighted by Crippen LogP contribution is -2.00. The van der Waals surface area contributed by atoms with Gasteiger partial charge in [0.05, 0.1) is 17.9 Å². The Labute approximate surface area is 87.1 Å². The Morgan fingerprint density at radius 2 is 2.29 bits per heavy atom. The number of rotatable bonds is 3. The molecule has 0 aliphatic heterocycles. The van der Waals surface area contributed by atoms with E-state index in [1.54, 1.807) is 12.4 Å². The number of H-pyrrole nitrogens is 1. The smallest absolute Gasteiger partial charge is 0.129 e. The Morgan fingerprint density at radius 3 is 2.93 bits per heavy atom. The molecule has 0 aliphatic rings. The summed E-state index contributed by atoms with van der Waals surface area (Å²) in [5.41, 5.74) is 1.89. The lowest BCUT2D eigenvalue weighted by Gasteiger charge is -2.03. The van der Waals surface area contributed by atoms with E-state index in [1.165, 1.54) is 0 Å². The van der Waals surface area contributed by atoms with Crippen LogP contribution in [0.1, 0.15) is 5.69 Å². The van der Waals surface area contributed by atoms with E-state index in [9.17, 15) is 0 Å². The van der Waals surface area contributed by atoms with Crippen LogP contribution in [-0.4, -0.2) is 9.97 Å². The quantitative estimate of drug-likeness (QED) is 0.813. The van der Waals surface area contributed by atoms with E-state index < -0.39 is 0 Å². The zero-order valence-corrected chi connectivity index (χ0v) is 8.25. The van der Waals surface area contributed by atoms with Crippen LogP contribution in [-0.2, 0) is 6.54 Å². The molecule has 0 aromatic carbocycles. The fraction of sp³-hybridized carbons (Fsp3) is 0.100. The summed E-state index contributed by atoms with van der Waals surface area (Å²) < 4.78 is 0. The molecule has 0 spiro atoms. The molecule has 2 heterocycles. The Morgan fingerprint density at radius 1 is 1.36 bits per heavy atom. The van der Waals surface area contributed by atoms with Crippen molar-refractivity contribution in [2.45, 2.75) is 6.54 Å². The summed E-state index contributed by atoms with van der Waals surface area (Å²) >= 11 is 5.87. The van der Waals surface area contributed by atoms with Crippen LogP contribution in [0.2, 0.25) is 5.15 Å². The largest absolute Gasteiger partial charge is 0.377 e. The van der Waals surface area contributed by atoms with Crippen LogP contribution in [0.5, 0.6) is 0 Å². The summed E-state index contributed by atoms with van der Waals surface area (Å²) in [7, 11) is 0. The van der Waals surface area contributed by atoms with Gasteiger partial charge in [-0.3, -0.25) is 4.98 Å². The van der Waals surface area contributed by atoms with Crippen LogP contribution < -0.4 is 5.32 Å². The van der Waals surface area contributed by atoms with E-state index in [2.05, 4.69) is 15.3 Å². The fourth-order valence-electron chi connectivity index (χ4n) is 1.17. The van der Waals surface area contributed by atoms with Gasteiger partial charge in [-0.2, -0.15) is 0 Å². The molecule has 0 unspecified atom stereocenters. The van der Waals surface area contributed by atoms with Crippen LogP contribution in [0.4, 0.5) is 5.69 Å². The molecule has 2 aromatic rings. The lowest BCUT2D eigenvalue weighted by atomic mass is 10.3. The zero-order chi connectivity index (χ0) is 9.80. The molecule has 0 fully saturated rings. The highest BCUT2D eigenvalue weighted by Gasteiger charge is 1.99. The van der Waals surface area contributed by atoms with Gasteiger partial charge in [0.15, 0.2) is 0 Å². The van der Waals surface area contributed by atoms with Crippen molar-refractivity contribution in [1.82, 2.24) is 9.97 Å². The fourth-order valence-corrected chi connectivity index (χ4v) is 1.37. The van der Waals surface area contributed by atoms with Crippen molar-refractivity contribution < 1.29 is 0 Å². The number of aromatic nitrogens is 2. The van der Waals surface area contributed by atoms with Crippen LogP contribution in [0, 0.1) is 0 Å². The topological polar surface area (TPSA) is 40.7 Å². The van der Waals surface area contributed by atoms with Gasteiger partial charge in [-0.05, 0) is 18.2 Å². The lowest BCUT2D eigenvalue weighted by molar-refractivity contribution is 1.05. The van der Waals surface area contributed by atoms with Crippen molar-refractivity contribution in [1.29, 1.82) is 0 Å². The van der Waals surface area contributed by atoms with Crippen molar-refractivity contribution in [3.8, 4) is 0 Å². The minimum atomic E-state index is 0.626. The first kappa shape index (κ1) is 9.09. The summed E-state index contributed by atoms with van der Waals surface area (Å²) in [6, 6.07) is 7.72. The number of anilines is 1. The maximum Gasteiger partial charge on any atom is 0.129 e. The second kappa shape index (κ2) is 4.15. The molecule has 2 N–H and O–H groups in total. The molecule has 2 aromatic heterocycles. The highest BCUT2D eigenvalue weighted by Crippen LogP contribution is 2.19. The van der Waals surface area contributed by atoms with E-state index >= 15 is 0 Å². The normalized spacial score (nSPS) is 10.1. The van der Waals surface area contributed by atoms with Gasteiger partial charge in [-0.15, -0.1) is 0 Å². The number of nitrogens with one attached hydrogen (secondary N) is 2. The summed E-state index contributed by atoms with van der Waals surface area (Å²) in [5, 5.41) is 3.81. The van der Waals surface area contributed by atoms with Crippen molar-refractivity contribution in [3.63, 3.8) is 0 Å². The van der Waals surface area contributed by atoms with Crippen molar-refractivity contribution in [2.24, 2.45) is 0 Å². The second-order valence-corrected chi connectivity index (χ2v) is 3.26. The van der Waals surface area contributed by atoms with Gasteiger partial charge < -0.3 is 10.3 Å². The van der Waals surface area contributed by atoms with Gasteiger partial charge in [0.2, 0.25) is 0 Å². The monoisotopic (exact) mass is 207 g/mol. The Bertz CT molecular complexity index is 397. The summed E-state index contributed by atoms with van der Waals surface area (Å²) in [4.78, 5) is 7.08. The van der Waals surface area contributed by atoms with Gasteiger partial charge in [-0.25, -0.2) is 0 Å². The Hall–Kier alpha value is -1.48. The molecule has 0 aliphatic carbocycles. The number of hydrogen-bond donors (Lipinski definition) is 2. The Balaban J connectivity index is 1.99. The average molecular weight is 208 g/mol. The molecule has 14 heavy (non-hydrogen) atoms. The molecule has 0 radical (unpaired) electrons. The minimum Gasteiger partial charge on any atom is -0.377 e. The first-order valence-electron chi connectivity index (χ1n) is 4.33. The van der Waals surface area contributed by atoms with E-state index in [-0.39, 0.29) is 0 Å². The summed E-state index contributed by atoms with van der Waals surface area (Å²) in [5.74, 6) is 0. The molecule has 0 saturated heterocycles. The number of pyridine rings is 1. The van der Waals surface area contributed by atoms with Crippen molar-refractivity contribution >= 4 is 17.3 Å². The van der Waals surface area contributed by atoms with Crippen LogP contribution in [0.15, 0.2) is 36.7 Å². The first-order valence-corrected chi connectivity index (χ1v) is 4.71. The SMILES string of the molecule is Clc1[nH]ccc1NCc1ccccn1. The van der Waals surface area contributed by atoms with Crippen LogP contribution >= 0.6 is 11.6 Å². The van der Waals surface area contributed by atoms with Crippen molar-refractivity contribution in [3.05, 3.63) is 47.5 Å². The predicted molar refractivity (Wildman–Crippen MR) is 57.4 cm³/mol. The second-order valence-electron chi connectivity index (χ2n) is 2.88. The van der Waals surface area contributed by atoms with Gasteiger partial charge >= 0.3 is 0 Å². The van der Waals surface area contributed by atoms with Gasteiger partial charge in [-0.1, -0.05) is 17.7 Å². The van der Waals surface area contributed by atoms with Crippen LogP contribution in [0.3, 0.4) is 0 Å². The summed E-state index contributed by atoms with van der Waals surface area (Å²) in [6.45, 7) is 0.679. The molecule has 4 heteroatoms. The molecule has 3 nitrogen and oxygen atoms in total. The highest BCUT2D eigenvalue weighted by molar-refractivity contribution is 6.32. The van der Waals surface area contributed by atoms with Crippen molar-refractivity contribution in [2.75, 3.05) is 5.32 Å². The Kier molecular flexibility index (Phi) is 2.70.